The molecular weight excluding hydrogens is 405 g/mol. The minimum absolute atomic E-state index is 0.0537. The molecule has 30 heavy (non-hydrogen) atoms. The highest BCUT2D eigenvalue weighted by atomic mass is 32.2. The molecule has 2 aromatic carbocycles. The van der Waals surface area contributed by atoms with Crippen LogP contribution in [-0.4, -0.2) is 55.6 Å². The van der Waals surface area contributed by atoms with Crippen molar-refractivity contribution < 1.29 is 17.6 Å². The fourth-order valence-corrected chi connectivity index (χ4v) is 4.85. The Balaban J connectivity index is 1.63. The van der Waals surface area contributed by atoms with Gasteiger partial charge in [-0.25, -0.2) is 12.8 Å². The highest BCUT2D eigenvalue weighted by Gasteiger charge is 2.33. The number of hydrogen-bond acceptors (Lipinski definition) is 5. The molecule has 1 saturated heterocycles. The van der Waals surface area contributed by atoms with Gasteiger partial charge in [0.25, 0.3) is 0 Å². The van der Waals surface area contributed by atoms with Crippen molar-refractivity contribution in [1.29, 1.82) is 5.26 Å². The van der Waals surface area contributed by atoms with Crippen molar-refractivity contribution in [3.8, 4) is 6.07 Å². The number of carbonyl (C=O) groups is 1. The van der Waals surface area contributed by atoms with Gasteiger partial charge < -0.3 is 4.90 Å². The third-order valence-electron chi connectivity index (χ3n) is 5.34. The first kappa shape index (κ1) is 21.9. The standard InChI is InChI=1S/C22H24FN3O3S/c1-17(30(28,29)21-9-7-20(23)8-10-21)22(27)26-12-2-11-25(13-14-26)16-19-5-3-18(15-24)4-6-19/h3-10,17H,2,11-14,16H2,1H3. The molecule has 0 radical (unpaired) electrons. The van der Waals surface area contributed by atoms with E-state index in [1.807, 2.05) is 12.1 Å². The number of rotatable bonds is 5. The summed E-state index contributed by atoms with van der Waals surface area (Å²) in [5.41, 5.74) is 1.70. The van der Waals surface area contributed by atoms with Crippen molar-refractivity contribution in [2.24, 2.45) is 0 Å². The van der Waals surface area contributed by atoms with E-state index in [9.17, 15) is 17.6 Å². The van der Waals surface area contributed by atoms with Gasteiger partial charge in [0.1, 0.15) is 11.1 Å². The second-order valence-corrected chi connectivity index (χ2v) is 9.67. The van der Waals surface area contributed by atoms with E-state index in [1.165, 1.54) is 19.1 Å². The Morgan fingerprint density at radius 3 is 2.37 bits per heavy atom. The lowest BCUT2D eigenvalue weighted by atomic mass is 10.1. The molecule has 3 rings (SSSR count). The SMILES string of the molecule is CC(C(=O)N1CCCN(Cc2ccc(C#N)cc2)CC1)S(=O)(=O)c1ccc(F)cc1. The van der Waals surface area contributed by atoms with Gasteiger partial charge in [-0.2, -0.15) is 5.26 Å². The predicted octanol–water partition coefficient (Wildman–Crippen LogP) is 2.59. The van der Waals surface area contributed by atoms with Gasteiger partial charge in [0.15, 0.2) is 9.84 Å². The molecule has 1 amide bonds. The second kappa shape index (κ2) is 9.37. The van der Waals surface area contributed by atoms with Gasteiger partial charge in [-0.3, -0.25) is 9.69 Å². The van der Waals surface area contributed by atoms with Crippen LogP contribution in [0.4, 0.5) is 4.39 Å². The summed E-state index contributed by atoms with van der Waals surface area (Å²) in [6.07, 6.45) is 0.741. The van der Waals surface area contributed by atoms with E-state index < -0.39 is 26.8 Å². The first-order valence-corrected chi connectivity index (χ1v) is 11.4. The maximum absolute atomic E-state index is 13.1. The van der Waals surface area contributed by atoms with Crippen molar-refractivity contribution in [2.75, 3.05) is 26.2 Å². The molecule has 0 N–H and O–H groups in total. The van der Waals surface area contributed by atoms with Gasteiger partial charge in [0.2, 0.25) is 5.91 Å². The average Bonchev–Trinajstić information content (AvgIpc) is 2.99. The summed E-state index contributed by atoms with van der Waals surface area (Å²) in [4.78, 5) is 16.7. The molecule has 8 heteroatoms. The molecule has 0 saturated carbocycles. The van der Waals surface area contributed by atoms with E-state index in [0.29, 0.717) is 31.7 Å². The van der Waals surface area contributed by atoms with Crippen molar-refractivity contribution >= 4 is 15.7 Å². The Morgan fingerprint density at radius 1 is 1.07 bits per heavy atom. The maximum atomic E-state index is 13.1. The normalized spacial score (nSPS) is 16.5. The fourth-order valence-electron chi connectivity index (χ4n) is 3.51. The molecule has 158 valence electrons. The van der Waals surface area contributed by atoms with Crippen LogP contribution in [0.2, 0.25) is 0 Å². The number of halogens is 1. The summed E-state index contributed by atoms with van der Waals surface area (Å²) < 4.78 is 38.6. The minimum atomic E-state index is -3.88. The summed E-state index contributed by atoms with van der Waals surface area (Å²) >= 11 is 0. The van der Waals surface area contributed by atoms with Gasteiger partial charge in [-0.05, 0) is 55.3 Å². The van der Waals surface area contributed by atoms with E-state index >= 15 is 0 Å². The summed E-state index contributed by atoms with van der Waals surface area (Å²) in [5, 5.41) is 7.67. The van der Waals surface area contributed by atoms with Crippen LogP contribution in [0.25, 0.3) is 0 Å². The number of nitriles is 1. The molecule has 1 heterocycles. The number of nitrogens with zero attached hydrogens (tertiary/aromatic N) is 3. The molecule has 2 aromatic rings. The lowest BCUT2D eigenvalue weighted by Gasteiger charge is -2.25. The lowest BCUT2D eigenvalue weighted by molar-refractivity contribution is -0.130. The van der Waals surface area contributed by atoms with E-state index in [-0.39, 0.29) is 4.90 Å². The Hall–Kier alpha value is -2.76. The predicted molar refractivity (Wildman–Crippen MR) is 111 cm³/mol. The second-order valence-electron chi connectivity index (χ2n) is 7.40. The van der Waals surface area contributed by atoms with Crippen molar-refractivity contribution in [3.05, 3.63) is 65.5 Å². The molecule has 0 aliphatic carbocycles. The Kier molecular flexibility index (Phi) is 6.85. The summed E-state index contributed by atoms with van der Waals surface area (Å²) in [5.74, 6) is -0.956. The smallest absolute Gasteiger partial charge is 0.241 e. The van der Waals surface area contributed by atoms with Crippen LogP contribution in [0.15, 0.2) is 53.4 Å². The minimum Gasteiger partial charge on any atom is -0.340 e. The highest BCUT2D eigenvalue weighted by molar-refractivity contribution is 7.92. The highest BCUT2D eigenvalue weighted by Crippen LogP contribution is 2.19. The van der Waals surface area contributed by atoms with E-state index in [2.05, 4.69) is 11.0 Å². The zero-order valence-electron chi connectivity index (χ0n) is 16.8. The molecular formula is C22H24FN3O3S. The number of carbonyl (C=O) groups excluding carboxylic acids is 1. The number of benzene rings is 2. The van der Waals surface area contributed by atoms with Crippen LogP contribution >= 0.6 is 0 Å². The van der Waals surface area contributed by atoms with Gasteiger partial charge in [-0.1, -0.05) is 12.1 Å². The van der Waals surface area contributed by atoms with Crippen LogP contribution in [0, 0.1) is 17.1 Å². The molecule has 0 aromatic heterocycles. The van der Waals surface area contributed by atoms with Crippen molar-refractivity contribution in [1.82, 2.24) is 9.80 Å². The van der Waals surface area contributed by atoms with E-state index in [4.69, 9.17) is 5.26 Å². The summed E-state index contributed by atoms with van der Waals surface area (Å²) in [6.45, 7) is 4.46. The molecule has 1 fully saturated rings. The number of hydrogen-bond donors (Lipinski definition) is 0. The molecule has 1 aliphatic heterocycles. The average molecular weight is 430 g/mol. The maximum Gasteiger partial charge on any atom is 0.241 e. The van der Waals surface area contributed by atoms with Crippen molar-refractivity contribution in [3.63, 3.8) is 0 Å². The van der Waals surface area contributed by atoms with Crippen LogP contribution in [-0.2, 0) is 21.2 Å². The Bertz CT molecular complexity index is 1030. The molecule has 1 atom stereocenters. The van der Waals surface area contributed by atoms with Crippen LogP contribution < -0.4 is 0 Å². The summed E-state index contributed by atoms with van der Waals surface area (Å²) in [7, 11) is -3.88. The largest absolute Gasteiger partial charge is 0.340 e. The zero-order valence-corrected chi connectivity index (χ0v) is 17.6. The first-order valence-electron chi connectivity index (χ1n) is 9.81. The zero-order chi connectivity index (χ0) is 21.7. The van der Waals surface area contributed by atoms with Gasteiger partial charge >= 0.3 is 0 Å². The van der Waals surface area contributed by atoms with E-state index in [0.717, 1.165) is 30.7 Å². The topological polar surface area (TPSA) is 81.5 Å². The van der Waals surface area contributed by atoms with Crippen LogP contribution in [0.5, 0.6) is 0 Å². The molecule has 0 bridgehead atoms. The molecule has 6 nitrogen and oxygen atoms in total. The van der Waals surface area contributed by atoms with Crippen molar-refractivity contribution in [2.45, 2.75) is 30.0 Å². The number of sulfone groups is 1. The van der Waals surface area contributed by atoms with Gasteiger partial charge in [0.05, 0.1) is 16.5 Å². The third kappa shape index (κ3) is 5.04. The van der Waals surface area contributed by atoms with Crippen LogP contribution in [0.1, 0.15) is 24.5 Å². The Labute approximate surface area is 176 Å². The van der Waals surface area contributed by atoms with Gasteiger partial charge in [0, 0.05) is 32.7 Å². The third-order valence-corrected chi connectivity index (χ3v) is 7.41. The Morgan fingerprint density at radius 2 is 1.73 bits per heavy atom. The molecule has 1 unspecified atom stereocenters. The summed E-state index contributed by atoms with van der Waals surface area (Å²) in [6, 6.07) is 14.0. The first-order chi connectivity index (χ1) is 14.3. The quantitative estimate of drug-likeness (QED) is 0.683. The monoisotopic (exact) mass is 429 g/mol. The van der Waals surface area contributed by atoms with Crippen LogP contribution in [0.3, 0.4) is 0 Å². The van der Waals surface area contributed by atoms with Gasteiger partial charge in [-0.15, -0.1) is 0 Å². The lowest BCUT2D eigenvalue weighted by Crippen LogP contribution is -2.43. The molecule has 1 aliphatic rings. The fraction of sp³-hybridized carbons (Fsp3) is 0.364. The molecule has 0 spiro atoms. The number of amides is 1. The van der Waals surface area contributed by atoms with E-state index in [1.54, 1.807) is 17.0 Å².